The van der Waals surface area contributed by atoms with Crippen molar-refractivity contribution < 1.29 is 0 Å². The van der Waals surface area contributed by atoms with Crippen molar-refractivity contribution in [1.29, 1.82) is 0 Å². The van der Waals surface area contributed by atoms with Crippen LogP contribution in [-0.4, -0.2) is 17.8 Å². The quantitative estimate of drug-likeness (QED) is 0.154. The van der Waals surface area contributed by atoms with Gasteiger partial charge in [0, 0.05) is 50.6 Å². The van der Waals surface area contributed by atoms with Crippen LogP contribution in [0, 0.1) is 0 Å². The van der Waals surface area contributed by atoms with Gasteiger partial charge in [0.1, 0.15) is 0 Å². The molecule has 3 nitrogen and oxygen atoms in total. The number of benzene rings is 9. The van der Waals surface area contributed by atoms with Crippen LogP contribution in [0.25, 0.3) is 33.4 Å². The van der Waals surface area contributed by atoms with Crippen LogP contribution in [0.4, 0.5) is 39.8 Å². The van der Waals surface area contributed by atoms with Crippen molar-refractivity contribution in [2.24, 2.45) is 0 Å². The number of anilines is 7. The van der Waals surface area contributed by atoms with Gasteiger partial charge >= 0.3 is 0 Å². The number of hydrogen-bond acceptors (Lipinski definition) is 3. The first kappa shape index (κ1) is 46.7. The Morgan fingerprint density at radius 2 is 0.948 bits per heavy atom. The predicted molar refractivity (Wildman–Crippen MR) is 326 cm³/mol. The maximum Gasteiger partial charge on any atom is 0.252 e. The Morgan fingerprint density at radius 3 is 1.62 bits per heavy atom. The summed E-state index contributed by atoms with van der Waals surface area (Å²) in [5.74, 6) is 0. The molecule has 0 bridgehead atoms. The van der Waals surface area contributed by atoms with Crippen LogP contribution < -0.4 is 31.1 Å². The summed E-state index contributed by atoms with van der Waals surface area (Å²) in [5.41, 5.74) is 26.1. The Kier molecular flexibility index (Phi) is 10.1. The molecule has 9 aromatic carbocycles. The van der Waals surface area contributed by atoms with Gasteiger partial charge in [-0.1, -0.05) is 217 Å². The fraction of sp³-hybridized carbons (Fsp3) is 0.260. The van der Waals surface area contributed by atoms with Crippen LogP contribution in [0.2, 0.25) is 0 Å². The summed E-state index contributed by atoms with van der Waals surface area (Å²) in [6.45, 7) is 15.1. The summed E-state index contributed by atoms with van der Waals surface area (Å²) in [5, 5.41) is 0. The second kappa shape index (κ2) is 16.7. The summed E-state index contributed by atoms with van der Waals surface area (Å²) in [4.78, 5) is 8.49. The monoisotopic (exact) mass is 998 g/mol. The van der Waals surface area contributed by atoms with Gasteiger partial charge in [-0.15, -0.1) is 0 Å². The zero-order valence-corrected chi connectivity index (χ0v) is 45.7. The van der Waals surface area contributed by atoms with Crippen molar-refractivity contribution in [1.82, 2.24) is 0 Å². The molecule has 4 aliphatic heterocycles. The minimum atomic E-state index is -0.248. The van der Waals surface area contributed by atoms with Gasteiger partial charge in [0.15, 0.2) is 0 Å². The topological polar surface area (TPSA) is 9.72 Å². The molecule has 15 rings (SSSR count). The Bertz CT molecular complexity index is 3810. The van der Waals surface area contributed by atoms with E-state index in [1.165, 1.54) is 144 Å². The molecule has 2 aliphatic carbocycles. The maximum atomic E-state index is 2.94. The molecule has 4 heterocycles. The van der Waals surface area contributed by atoms with E-state index in [1.807, 2.05) is 0 Å². The third-order valence-electron chi connectivity index (χ3n) is 20.4. The molecule has 378 valence electrons. The third-order valence-corrected chi connectivity index (χ3v) is 20.4. The summed E-state index contributed by atoms with van der Waals surface area (Å²) in [7, 11) is 0. The summed E-state index contributed by atoms with van der Waals surface area (Å²) in [6.07, 6.45) is 9.38. The van der Waals surface area contributed by atoms with Crippen LogP contribution in [-0.2, 0) is 16.2 Å². The maximum absolute atomic E-state index is 2.94. The van der Waals surface area contributed by atoms with Gasteiger partial charge in [-0.05, 0) is 159 Å². The number of hydrogen-bond donors (Lipinski definition) is 0. The van der Waals surface area contributed by atoms with Crippen molar-refractivity contribution in [2.45, 2.75) is 120 Å². The lowest BCUT2D eigenvalue weighted by Gasteiger charge is -2.54. The van der Waals surface area contributed by atoms with Gasteiger partial charge in [0.25, 0.3) is 6.71 Å². The normalized spacial score (nSPS) is 23.4. The minimum Gasteiger partial charge on any atom is -0.335 e. The van der Waals surface area contributed by atoms with Crippen molar-refractivity contribution in [3.8, 4) is 33.4 Å². The Morgan fingerprint density at radius 1 is 0.403 bits per heavy atom. The number of nitrogens with zero attached hydrogens (tertiary/aromatic N) is 3. The lowest BCUT2D eigenvalue weighted by Crippen LogP contribution is -2.64. The van der Waals surface area contributed by atoms with Gasteiger partial charge in [-0.2, -0.15) is 0 Å². The largest absolute Gasteiger partial charge is 0.335 e. The van der Waals surface area contributed by atoms with Gasteiger partial charge in [-0.25, -0.2) is 0 Å². The van der Waals surface area contributed by atoms with E-state index in [0.717, 1.165) is 19.3 Å². The second-order valence-electron chi connectivity index (χ2n) is 25.3. The van der Waals surface area contributed by atoms with E-state index in [2.05, 4.69) is 262 Å². The molecule has 0 N–H and O–H groups in total. The van der Waals surface area contributed by atoms with E-state index in [1.54, 1.807) is 0 Å². The van der Waals surface area contributed by atoms with Crippen molar-refractivity contribution in [2.75, 3.05) is 14.7 Å². The first-order valence-corrected chi connectivity index (χ1v) is 28.8. The molecule has 0 amide bonds. The summed E-state index contributed by atoms with van der Waals surface area (Å²) >= 11 is 0. The molecule has 0 saturated heterocycles. The van der Waals surface area contributed by atoms with Crippen LogP contribution in [0.5, 0.6) is 0 Å². The van der Waals surface area contributed by atoms with Crippen LogP contribution in [0.1, 0.15) is 115 Å². The van der Waals surface area contributed by atoms with E-state index in [4.69, 9.17) is 0 Å². The first-order chi connectivity index (χ1) is 37.4. The molecule has 0 radical (unpaired) electrons. The highest BCUT2D eigenvalue weighted by Gasteiger charge is 2.64. The standard InChI is InChI=1S/C73H68BN3/c1-69(2,3)56-34-38-63-59(46-56)73(55-29-17-10-18-30-55)42-22-21-41-72(73,6)76(63)58-47-65-67-66(48-58)77-68-60(70(4)39-19-20-40-71(70,77)5)43-54(51-27-15-9-16-28-51)45-62(68)74(67)61-44-53(50-25-13-8-14-26-50)33-37-64(61)75(65)57-35-31-52(32-36-57)49-23-11-7-12-24-49/h7-18,23-38,43-48H,19-22,39-42H2,1-6H3. The van der Waals surface area contributed by atoms with E-state index >= 15 is 0 Å². The fourth-order valence-corrected chi connectivity index (χ4v) is 16.4. The van der Waals surface area contributed by atoms with Crippen molar-refractivity contribution in [3.63, 3.8) is 0 Å². The molecule has 77 heavy (non-hydrogen) atoms. The molecule has 4 unspecified atom stereocenters. The SMILES string of the molecule is CC(C)(C)c1ccc2c(c1)C1(c3ccccc3)CCCCC1(C)N2c1cc2c3c(c1)N1c4c(cc(-c5ccccc5)cc4C4(C)CCCCC14C)B3c1cc(-c3ccccc3)ccc1N2c1ccc(-c2ccccc2)cc1. The Hall–Kier alpha value is -7.56. The molecule has 0 spiro atoms. The molecule has 0 aromatic heterocycles. The lowest BCUT2D eigenvalue weighted by molar-refractivity contribution is 0.195. The first-order valence-electron chi connectivity index (χ1n) is 28.8. The highest BCUT2D eigenvalue weighted by Crippen LogP contribution is 2.66. The molecule has 4 atom stereocenters. The molecule has 4 heteroatoms. The zero-order valence-electron chi connectivity index (χ0n) is 45.7. The highest BCUT2D eigenvalue weighted by atomic mass is 15.3. The number of rotatable bonds is 6. The Balaban J connectivity index is 1.06. The van der Waals surface area contributed by atoms with E-state index in [9.17, 15) is 0 Å². The average Bonchev–Trinajstić information content (AvgIpc) is 3.52. The van der Waals surface area contributed by atoms with Gasteiger partial charge < -0.3 is 14.7 Å². The predicted octanol–water partition coefficient (Wildman–Crippen LogP) is 17.1. The molecular formula is C73H68BN3. The minimum absolute atomic E-state index is 0.00402. The van der Waals surface area contributed by atoms with Crippen molar-refractivity contribution in [3.05, 3.63) is 229 Å². The average molecular weight is 998 g/mol. The van der Waals surface area contributed by atoms with Crippen LogP contribution in [0.15, 0.2) is 206 Å². The summed E-state index contributed by atoms with van der Waals surface area (Å²) < 4.78 is 0. The molecule has 2 fully saturated rings. The number of fused-ring (bicyclic) bond motifs is 10. The Labute approximate surface area is 457 Å². The molecular weight excluding hydrogens is 930 g/mol. The molecule has 2 saturated carbocycles. The fourth-order valence-electron chi connectivity index (χ4n) is 16.4. The third kappa shape index (κ3) is 6.45. The lowest BCUT2D eigenvalue weighted by atomic mass is 9.33. The highest BCUT2D eigenvalue weighted by molar-refractivity contribution is 7.00. The van der Waals surface area contributed by atoms with Gasteiger partial charge in [0.05, 0.1) is 11.1 Å². The van der Waals surface area contributed by atoms with Crippen LogP contribution >= 0.6 is 0 Å². The molecule has 6 aliphatic rings. The second-order valence-corrected chi connectivity index (χ2v) is 25.3. The van der Waals surface area contributed by atoms with E-state index in [0.29, 0.717) is 0 Å². The smallest absolute Gasteiger partial charge is 0.252 e. The van der Waals surface area contributed by atoms with E-state index in [-0.39, 0.29) is 34.0 Å². The zero-order chi connectivity index (χ0) is 52.1. The van der Waals surface area contributed by atoms with Gasteiger partial charge in [-0.3, -0.25) is 0 Å². The van der Waals surface area contributed by atoms with E-state index < -0.39 is 0 Å². The molecule has 9 aromatic rings. The van der Waals surface area contributed by atoms with Gasteiger partial charge in [0.2, 0.25) is 0 Å². The van der Waals surface area contributed by atoms with Crippen LogP contribution in [0.3, 0.4) is 0 Å². The van der Waals surface area contributed by atoms with Crippen molar-refractivity contribution >= 4 is 62.9 Å². The summed E-state index contributed by atoms with van der Waals surface area (Å²) in [6, 6.07) is 79.9.